The van der Waals surface area contributed by atoms with Gasteiger partial charge in [0.05, 0.1) is 18.5 Å². The van der Waals surface area contributed by atoms with Gasteiger partial charge in [0, 0.05) is 13.3 Å². The van der Waals surface area contributed by atoms with Crippen LogP contribution in [0.25, 0.3) is 0 Å². The molecular formula is C25H36N4O8. The van der Waals surface area contributed by atoms with E-state index in [9.17, 15) is 33.9 Å². The number of hydrogen-bond donors (Lipinski definition) is 5. The molecule has 0 radical (unpaired) electrons. The second-order valence-electron chi connectivity index (χ2n) is 8.96. The summed E-state index contributed by atoms with van der Waals surface area (Å²) in [6.45, 7) is 5.93. The predicted molar refractivity (Wildman–Crippen MR) is 133 cm³/mol. The van der Waals surface area contributed by atoms with Crippen LogP contribution in [0.5, 0.6) is 5.75 Å². The van der Waals surface area contributed by atoms with Crippen LogP contribution in [0.4, 0.5) is 0 Å². The number of nitrogens with one attached hydrogen (secondary N) is 2. The number of carboxylic acids is 1. The molecule has 0 unspecified atom stereocenters. The van der Waals surface area contributed by atoms with Crippen LogP contribution in [0.3, 0.4) is 0 Å². The third-order valence-corrected chi connectivity index (χ3v) is 5.97. The van der Waals surface area contributed by atoms with Crippen LogP contribution in [0.1, 0.15) is 52.5 Å². The first kappa shape index (κ1) is 31.2. The van der Waals surface area contributed by atoms with E-state index in [2.05, 4.69) is 10.6 Å². The highest BCUT2D eigenvalue weighted by atomic mass is 16.4. The average molecular weight is 521 g/mol. The van der Waals surface area contributed by atoms with E-state index in [4.69, 9.17) is 10.8 Å². The first-order valence-electron chi connectivity index (χ1n) is 12.0. The first-order chi connectivity index (χ1) is 17.3. The molecule has 0 bridgehead atoms. The van der Waals surface area contributed by atoms with Crippen molar-refractivity contribution in [2.45, 2.75) is 77.5 Å². The van der Waals surface area contributed by atoms with Crippen molar-refractivity contribution >= 4 is 35.9 Å². The lowest BCUT2D eigenvalue weighted by Crippen LogP contribution is -2.58. The summed E-state index contributed by atoms with van der Waals surface area (Å²) in [4.78, 5) is 73.8. The Bertz CT molecular complexity index is 981. The maximum absolute atomic E-state index is 13.1. The fourth-order valence-electron chi connectivity index (χ4n) is 3.70. The molecule has 0 saturated carbocycles. The van der Waals surface area contributed by atoms with Crippen molar-refractivity contribution in [1.29, 1.82) is 0 Å². The van der Waals surface area contributed by atoms with E-state index in [0.717, 1.165) is 6.92 Å². The van der Waals surface area contributed by atoms with Crippen molar-refractivity contribution < 1.29 is 39.0 Å². The first-order valence-corrected chi connectivity index (χ1v) is 12.0. The molecule has 5 atom stereocenters. The van der Waals surface area contributed by atoms with Crippen molar-refractivity contribution in [3.8, 4) is 5.75 Å². The highest BCUT2D eigenvalue weighted by Crippen LogP contribution is 2.14. The number of aldehydes is 1. The average Bonchev–Trinajstić information content (AvgIpc) is 2.82. The zero-order chi connectivity index (χ0) is 28.3. The summed E-state index contributed by atoms with van der Waals surface area (Å²) in [7, 11) is 0. The Balaban J connectivity index is 2.98. The van der Waals surface area contributed by atoms with E-state index in [1.165, 1.54) is 19.1 Å². The molecule has 0 fully saturated rings. The van der Waals surface area contributed by atoms with Gasteiger partial charge in [-0.15, -0.1) is 0 Å². The number of imide groups is 1. The third-order valence-electron chi connectivity index (χ3n) is 5.97. The van der Waals surface area contributed by atoms with Gasteiger partial charge in [-0.1, -0.05) is 32.4 Å². The van der Waals surface area contributed by atoms with Gasteiger partial charge in [-0.25, -0.2) is 0 Å². The number of amides is 4. The molecule has 37 heavy (non-hydrogen) atoms. The van der Waals surface area contributed by atoms with E-state index >= 15 is 0 Å². The summed E-state index contributed by atoms with van der Waals surface area (Å²) in [5, 5.41) is 23.6. The molecule has 0 aromatic heterocycles. The van der Waals surface area contributed by atoms with Gasteiger partial charge in [-0.3, -0.25) is 28.9 Å². The SMILES string of the molecule is CC[C@@H](C)[C@H](NC(=O)[C@@H](N)Cc1ccc(O)cc1)C(=O)N[C@@H](C)C(=O)N(C(C)=O)[C@H](CC=O)CC(=O)O. The van der Waals surface area contributed by atoms with Crippen molar-refractivity contribution in [3.63, 3.8) is 0 Å². The van der Waals surface area contributed by atoms with Gasteiger partial charge >= 0.3 is 5.97 Å². The Morgan fingerprint density at radius 1 is 1.05 bits per heavy atom. The second-order valence-corrected chi connectivity index (χ2v) is 8.96. The lowest BCUT2D eigenvalue weighted by Gasteiger charge is -2.31. The highest BCUT2D eigenvalue weighted by Gasteiger charge is 2.35. The van der Waals surface area contributed by atoms with Crippen LogP contribution >= 0.6 is 0 Å². The highest BCUT2D eigenvalue weighted by molar-refractivity contribution is 6.00. The number of hydrogen-bond acceptors (Lipinski definition) is 8. The maximum atomic E-state index is 13.1. The molecule has 204 valence electrons. The van der Waals surface area contributed by atoms with E-state index in [-0.39, 0.29) is 24.5 Å². The largest absolute Gasteiger partial charge is 0.508 e. The number of carbonyl (C=O) groups excluding carboxylic acids is 5. The Hall–Kier alpha value is -3.80. The monoisotopic (exact) mass is 520 g/mol. The molecule has 0 heterocycles. The van der Waals surface area contributed by atoms with E-state index in [1.54, 1.807) is 19.1 Å². The number of nitrogens with two attached hydrogens (primary N) is 1. The summed E-state index contributed by atoms with van der Waals surface area (Å²) in [6.07, 6.45) is 0.0759. The van der Waals surface area contributed by atoms with Crippen LogP contribution in [0.15, 0.2) is 24.3 Å². The lowest BCUT2D eigenvalue weighted by molar-refractivity contribution is -0.150. The Labute approximate surface area is 215 Å². The molecule has 0 aliphatic heterocycles. The number of aromatic hydroxyl groups is 1. The van der Waals surface area contributed by atoms with Crippen LogP contribution in [0.2, 0.25) is 0 Å². The van der Waals surface area contributed by atoms with Gasteiger partial charge in [0.1, 0.15) is 24.1 Å². The molecule has 0 aliphatic rings. The summed E-state index contributed by atoms with van der Waals surface area (Å²) >= 11 is 0. The van der Waals surface area contributed by atoms with Crippen molar-refractivity contribution in [2.24, 2.45) is 11.7 Å². The quantitative estimate of drug-likeness (QED) is 0.211. The molecule has 1 aromatic rings. The van der Waals surface area contributed by atoms with Crippen LogP contribution in [0, 0.1) is 5.92 Å². The molecule has 12 nitrogen and oxygen atoms in total. The standard InChI is InChI=1S/C25H36N4O8/c1-5-14(2)22(28-23(35)20(26)12-17-6-8-19(32)9-7-17)24(36)27-15(3)25(37)29(16(4)31)18(10-11-30)13-21(33)34/h6-9,11,14-15,18,20,22,32H,5,10,12-13,26H2,1-4H3,(H,27,36)(H,28,35)(H,33,34)/t14-,15+,18-,20+,22+/m1/s1. The number of rotatable bonds is 14. The Kier molecular flexibility index (Phi) is 12.4. The normalized spacial score (nSPS) is 14.8. The molecule has 4 amide bonds. The molecule has 1 rings (SSSR count). The summed E-state index contributed by atoms with van der Waals surface area (Å²) < 4.78 is 0. The Morgan fingerprint density at radius 2 is 1.65 bits per heavy atom. The summed E-state index contributed by atoms with van der Waals surface area (Å²) in [6, 6.07) is 1.68. The fraction of sp³-hybridized carbons (Fsp3) is 0.520. The number of aliphatic carboxylic acids is 1. The fourth-order valence-corrected chi connectivity index (χ4v) is 3.70. The van der Waals surface area contributed by atoms with E-state index in [0.29, 0.717) is 23.2 Å². The van der Waals surface area contributed by atoms with Crippen molar-refractivity contribution in [1.82, 2.24) is 15.5 Å². The van der Waals surface area contributed by atoms with Gasteiger partial charge in [-0.05, 0) is 37.0 Å². The van der Waals surface area contributed by atoms with Crippen LogP contribution in [-0.2, 0) is 35.2 Å². The van der Waals surface area contributed by atoms with Gasteiger partial charge in [0.25, 0.3) is 5.91 Å². The maximum Gasteiger partial charge on any atom is 0.305 e. The predicted octanol–water partition coefficient (Wildman–Crippen LogP) is 0.105. The molecule has 12 heteroatoms. The minimum atomic E-state index is -1.30. The smallest absolute Gasteiger partial charge is 0.305 e. The van der Waals surface area contributed by atoms with Gasteiger partial charge in [0.2, 0.25) is 17.7 Å². The third kappa shape index (κ3) is 9.64. The number of carboxylic acid groups (broad SMARTS) is 1. The van der Waals surface area contributed by atoms with Crippen LogP contribution in [-0.4, -0.2) is 75.2 Å². The van der Waals surface area contributed by atoms with Crippen molar-refractivity contribution in [3.05, 3.63) is 29.8 Å². The number of nitrogens with zero attached hydrogens (tertiary/aromatic N) is 1. The van der Waals surface area contributed by atoms with Crippen LogP contribution < -0.4 is 16.4 Å². The number of phenols is 1. The van der Waals surface area contributed by atoms with Crippen molar-refractivity contribution in [2.75, 3.05) is 0 Å². The van der Waals surface area contributed by atoms with E-state index in [1.807, 2.05) is 6.92 Å². The molecule has 1 aromatic carbocycles. The number of benzene rings is 1. The lowest BCUT2D eigenvalue weighted by atomic mass is 9.97. The molecule has 0 spiro atoms. The van der Waals surface area contributed by atoms with Gasteiger partial charge < -0.3 is 31.4 Å². The summed E-state index contributed by atoms with van der Waals surface area (Å²) in [5.41, 5.74) is 6.73. The van der Waals surface area contributed by atoms with E-state index < -0.39 is 60.2 Å². The minimum Gasteiger partial charge on any atom is -0.508 e. The topological polar surface area (TPSA) is 196 Å². The zero-order valence-electron chi connectivity index (χ0n) is 21.5. The minimum absolute atomic E-state index is 0.0720. The molecule has 0 saturated heterocycles. The molecular weight excluding hydrogens is 484 g/mol. The van der Waals surface area contributed by atoms with Gasteiger partial charge in [0.15, 0.2) is 0 Å². The summed E-state index contributed by atoms with van der Waals surface area (Å²) in [5.74, 6) is -4.50. The Morgan fingerprint density at radius 3 is 2.14 bits per heavy atom. The van der Waals surface area contributed by atoms with Gasteiger partial charge in [-0.2, -0.15) is 0 Å². The number of carbonyl (C=O) groups is 6. The molecule has 0 aliphatic carbocycles. The molecule has 6 N–H and O–H groups in total. The zero-order valence-corrected chi connectivity index (χ0v) is 21.5. The number of phenolic OH excluding ortho intramolecular Hbond substituents is 1. The second kappa shape index (κ2) is 14.7.